The second-order valence-corrected chi connectivity index (χ2v) is 4.65. The molecule has 2 N–H and O–H groups in total. The number of hydrogen-bond donors (Lipinski definition) is 1. The van der Waals surface area contributed by atoms with Gasteiger partial charge in [-0.25, -0.2) is 0 Å². The van der Waals surface area contributed by atoms with Gasteiger partial charge >= 0.3 is 0 Å². The van der Waals surface area contributed by atoms with E-state index >= 15 is 0 Å². The van der Waals surface area contributed by atoms with Gasteiger partial charge in [0.05, 0.1) is 6.61 Å². The van der Waals surface area contributed by atoms with Gasteiger partial charge < -0.3 is 15.0 Å². The highest BCUT2D eigenvalue weighted by Crippen LogP contribution is 2.26. The van der Waals surface area contributed by atoms with Gasteiger partial charge in [0.15, 0.2) is 5.82 Å². The highest BCUT2D eigenvalue weighted by atomic mass is 16.5. The summed E-state index contributed by atoms with van der Waals surface area (Å²) >= 11 is 0. The molecule has 1 heterocycles. The Kier molecular flexibility index (Phi) is 3.56. The van der Waals surface area contributed by atoms with E-state index in [1.165, 1.54) is 19.3 Å². The molecule has 1 fully saturated rings. The van der Waals surface area contributed by atoms with Crippen molar-refractivity contribution in [3.8, 4) is 0 Å². The van der Waals surface area contributed by atoms with Crippen LogP contribution in [0.3, 0.4) is 0 Å². The van der Waals surface area contributed by atoms with E-state index in [0.29, 0.717) is 24.9 Å². The van der Waals surface area contributed by atoms with Crippen LogP contribution in [0.5, 0.6) is 0 Å². The predicted molar refractivity (Wildman–Crippen MR) is 58.7 cm³/mol. The van der Waals surface area contributed by atoms with E-state index in [2.05, 4.69) is 10.1 Å². The fourth-order valence-corrected chi connectivity index (χ4v) is 2.15. The molecule has 16 heavy (non-hydrogen) atoms. The lowest BCUT2D eigenvalue weighted by Crippen LogP contribution is -2.46. The molecule has 5 nitrogen and oxygen atoms in total. The summed E-state index contributed by atoms with van der Waals surface area (Å²) in [5.74, 6) is 1.16. The monoisotopic (exact) mass is 225 g/mol. The molecule has 1 aliphatic rings. The minimum atomic E-state index is -0.142. The van der Waals surface area contributed by atoms with Crippen LogP contribution in [0.4, 0.5) is 0 Å². The molecule has 1 aromatic heterocycles. The first kappa shape index (κ1) is 11.5. The Morgan fingerprint density at radius 2 is 2.12 bits per heavy atom. The second-order valence-electron chi connectivity index (χ2n) is 4.65. The van der Waals surface area contributed by atoms with Crippen LogP contribution in [-0.4, -0.2) is 22.3 Å². The van der Waals surface area contributed by atoms with E-state index in [-0.39, 0.29) is 5.54 Å². The number of hydrogen-bond acceptors (Lipinski definition) is 5. The van der Waals surface area contributed by atoms with Crippen molar-refractivity contribution in [2.45, 2.75) is 51.2 Å². The maximum absolute atomic E-state index is 6.24. The first-order valence-electron chi connectivity index (χ1n) is 5.84. The number of aryl methyl sites for hydroxylation is 1. The molecular weight excluding hydrogens is 206 g/mol. The molecule has 0 aliphatic heterocycles. The first-order valence-corrected chi connectivity index (χ1v) is 5.84. The van der Waals surface area contributed by atoms with Crippen molar-refractivity contribution in [2.75, 3.05) is 6.61 Å². The average molecular weight is 225 g/mol. The molecule has 0 unspecified atom stereocenters. The third-order valence-electron chi connectivity index (χ3n) is 3.04. The van der Waals surface area contributed by atoms with Gasteiger partial charge in [-0.15, -0.1) is 0 Å². The van der Waals surface area contributed by atoms with Gasteiger partial charge in [0.1, 0.15) is 6.61 Å². The van der Waals surface area contributed by atoms with Crippen LogP contribution in [-0.2, 0) is 11.3 Å². The van der Waals surface area contributed by atoms with Crippen molar-refractivity contribution < 1.29 is 9.26 Å². The summed E-state index contributed by atoms with van der Waals surface area (Å²) in [4.78, 5) is 4.07. The summed E-state index contributed by atoms with van der Waals surface area (Å²) in [5.41, 5.74) is 6.10. The molecule has 0 aromatic carbocycles. The number of ether oxygens (including phenoxy) is 1. The van der Waals surface area contributed by atoms with Gasteiger partial charge in [-0.2, -0.15) is 4.98 Å². The molecule has 0 radical (unpaired) electrons. The predicted octanol–water partition coefficient (Wildman–Crippen LogP) is 1.56. The summed E-state index contributed by atoms with van der Waals surface area (Å²) in [6, 6.07) is 0. The summed E-state index contributed by atoms with van der Waals surface area (Å²) in [6.45, 7) is 2.74. The van der Waals surface area contributed by atoms with Crippen LogP contribution in [0, 0.1) is 6.92 Å². The Balaban J connectivity index is 1.74. The Morgan fingerprint density at radius 1 is 1.38 bits per heavy atom. The average Bonchev–Trinajstić information content (AvgIpc) is 2.65. The SMILES string of the molecule is Cc1nc(COCC2(N)CCCCC2)no1. The zero-order valence-corrected chi connectivity index (χ0v) is 9.74. The number of aromatic nitrogens is 2. The zero-order chi connectivity index (χ0) is 11.4. The van der Waals surface area contributed by atoms with E-state index < -0.39 is 0 Å². The summed E-state index contributed by atoms with van der Waals surface area (Å²) in [5, 5.41) is 3.77. The molecule has 0 saturated heterocycles. The van der Waals surface area contributed by atoms with E-state index in [1.807, 2.05) is 0 Å². The quantitative estimate of drug-likeness (QED) is 0.841. The minimum Gasteiger partial charge on any atom is -0.371 e. The fraction of sp³-hybridized carbons (Fsp3) is 0.818. The van der Waals surface area contributed by atoms with E-state index in [0.717, 1.165) is 12.8 Å². The van der Waals surface area contributed by atoms with Crippen LogP contribution in [0.1, 0.15) is 43.8 Å². The maximum atomic E-state index is 6.24. The molecule has 0 bridgehead atoms. The molecular formula is C11H19N3O2. The Labute approximate surface area is 95.3 Å². The number of rotatable bonds is 4. The fourth-order valence-electron chi connectivity index (χ4n) is 2.15. The van der Waals surface area contributed by atoms with Crippen molar-refractivity contribution >= 4 is 0 Å². The van der Waals surface area contributed by atoms with Crippen molar-refractivity contribution in [2.24, 2.45) is 5.73 Å². The van der Waals surface area contributed by atoms with Crippen LogP contribution < -0.4 is 5.73 Å². The standard InChI is InChI=1S/C11H19N3O2/c1-9-13-10(14-16-9)7-15-8-11(12)5-3-2-4-6-11/h2-8,12H2,1H3. The molecule has 5 heteroatoms. The Bertz CT molecular complexity index is 332. The smallest absolute Gasteiger partial charge is 0.223 e. The van der Waals surface area contributed by atoms with Gasteiger partial charge in [0, 0.05) is 12.5 Å². The van der Waals surface area contributed by atoms with Crippen LogP contribution in [0.25, 0.3) is 0 Å². The molecule has 2 rings (SSSR count). The van der Waals surface area contributed by atoms with Gasteiger partial charge in [-0.3, -0.25) is 0 Å². The molecule has 1 aromatic rings. The van der Waals surface area contributed by atoms with Gasteiger partial charge in [0.2, 0.25) is 5.89 Å². The lowest BCUT2D eigenvalue weighted by Gasteiger charge is -2.32. The number of nitrogens with zero attached hydrogens (tertiary/aromatic N) is 2. The number of nitrogens with two attached hydrogens (primary N) is 1. The van der Waals surface area contributed by atoms with Crippen LogP contribution in [0.2, 0.25) is 0 Å². The normalized spacial score (nSPS) is 19.9. The van der Waals surface area contributed by atoms with Gasteiger partial charge in [-0.1, -0.05) is 24.4 Å². The zero-order valence-electron chi connectivity index (χ0n) is 9.74. The third kappa shape index (κ3) is 3.02. The van der Waals surface area contributed by atoms with E-state index in [1.54, 1.807) is 6.92 Å². The Morgan fingerprint density at radius 3 is 2.75 bits per heavy atom. The van der Waals surface area contributed by atoms with Crippen LogP contribution in [0.15, 0.2) is 4.52 Å². The van der Waals surface area contributed by atoms with Crippen LogP contribution >= 0.6 is 0 Å². The molecule has 90 valence electrons. The van der Waals surface area contributed by atoms with Crippen molar-refractivity contribution in [1.82, 2.24) is 10.1 Å². The molecule has 0 atom stereocenters. The Hall–Kier alpha value is -0.940. The third-order valence-corrected chi connectivity index (χ3v) is 3.04. The summed E-state index contributed by atoms with van der Waals surface area (Å²) < 4.78 is 10.4. The largest absolute Gasteiger partial charge is 0.371 e. The molecule has 1 saturated carbocycles. The van der Waals surface area contributed by atoms with E-state index in [4.69, 9.17) is 15.0 Å². The first-order chi connectivity index (χ1) is 7.68. The van der Waals surface area contributed by atoms with Gasteiger partial charge in [0.25, 0.3) is 0 Å². The second kappa shape index (κ2) is 4.93. The molecule has 1 aliphatic carbocycles. The highest BCUT2D eigenvalue weighted by molar-refractivity contribution is 4.88. The topological polar surface area (TPSA) is 74.2 Å². The van der Waals surface area contributed by atoms with Gasteiger partial charge in [-0.05, 0) is 12.8 Å². The lowest BCUT2D eigenvalue weighted by molar-refractivity contribution is 0.0531. The maximum Gasteiger partial charge on any atom is 0.223 e. The van der Waals surface area contributed by atoms with E-state index in [9.17, 15) is 0 Å². The van der Waals surface area contributed by atoms with Crippen molar-refractivity contribution in [1.29, 1.82) is 0 Å². The summed E-state index contributed by atoms with van der Waals surface area (Å²) in [6.07, 6.45) is 5.82. The molecule has 0 amide bonds. The van der Waals surface area contributed by atoms with Crippen molar-refractivity contribution in [3.05, 3.63) is 11.7 Å². The minimum absolute atomic E-state index is 0.142. The molecule has 0 spiro atoms. The lowest BCUT2D eigenvalue weighted by atomic mass is 9.83. The highest BCUT2D eigenvalue weighted by Gasteiger charge is 2.27. The summed E-state index contributed by atoms with van der Waals surface area (Å²) in [7, 11) is 0. The van der Waals surface area contributed by atoms with Crippen molar-refractivity contribution in [3.63, 3.8) is 0 Å².